The molecule has 0 bridgehead atoms. The zero-order valence-electron chi connectivity index (χ0n) is 7.43. The molecule has 1 aromatic carbocycles. The Kier molecular flexibility index (Phi) is 3.70. The summed E-state index contributed by atoms with van der Waals surface area (Å²) in [6.07, 6.45) is 0.934. The average molecular weight is 177 g/mol. The number of nitrogens with zero attached hydrogens (tertiary/aromatic N) is 1. The summed E-state index contributed by atoms with van der Waals surface area (Å²) in [5, 5.41) is 0. The molecule has 1 amide bonds. The van der Waals surface area contributed by atoms with Crippen LogP contribution in [0.2, 0.25) is 0 Å². The molecule has 0 aliphatic carbocycles. The third kappa shape index (κ3) is 3.51. The predicted octanol–water partition coefficient (Wildman–Crippen LogP) is 2.26. The van der Waals surface area contributed by atoms with Crippen LogP contribution in [0, 0.1) is 0 Å². The smallest absolute Gasteiger partial charge is 0.433 e. The second-order valence-electron chi connectivity index (χ2n) is 2.37. The van der Waals surface area contributed by atoms with Crippen molar-refractivity contribution in [2.75, 3.05) is 6.61 Å². The highest BCUT2D eigenvalue weighted by Gasteiger charge is 1.93. The minimum absolute atomic E-state index is 0.352. The number of hydrogen-bond donors (Lipinski definition) is 0. The van der Waals surface area contributed by atoms with Crippen LogP contribution >= 0.6 is 0 Å². The average Bonchev–Trinajstić information content (AvgIpc) is 2.17. The van der Waals surface area contributed by atoms with E-state index < -0.39 is 6.09 Å². The maximum absolute atomic E-state index is 10.8. The largest absolute Gasteiger partial charge is 0.448 e. The summed E-state index contributed by atoms with van der Waals surface area (Å²) in [5.74, 6) is 0. The Labute approximate surface area is 77.1 Å². The van der Waals surface area contributed by atoms with Gasteiger partial charge in [-0.1, -0.05) is 30.3 Å². The van der Waals surface area contributed by atoms with Gasteiger partial charge in [-0.05, 0) is 12.5 Å². The van der Waals surface area contributed by atoms with Crippen LogP contribution in [0.15, 0.2) is 35.3 Å². The topological polar surface area (TPSA) is 38.7 Å². The number of amides is 1. The van der Waals surface area contributed by atoms with Crippen molar-refractivity contribution >= 4 is 12.3 Å². The van der Waals surface area contributed by atoms with Crippen LogP contribution in [0.5, 0.6) is 0 Å². The summed E-state index contributed by atoms with van der Waals surface area (Å²) < 4.78 is 4.63. The molecular weight excluding hydrogens is 166 g/mol. The second kappa shape index (κ2) is 5.09. The van der Waals surface area contributed by atoms with Crippen LogP contribution in [-0.4, -0.2) is 18.9 Å². The Morgan fingerprint density at radius 1 is 1.46 bits per heavy atom. The zero-order chi connectivity index (χ0) is 9.52. The quantitative estimate of drug-likeness (QED) is 0.650. The van der Waals surface area contributed by atoms with E-state index in [1.165, 1.54) is 6.21 Å². The fourth-order valence-corrected chi connectivity index (χ4v) is 0.827. The van der Waals surface area contributed by atoms with E-state index in [4.69, 9.17) is 0 Å². The van der Waals surface area contributed by atoms with Crippen molar-refractivity contribution in [3.05, 3.63) is 35.9 Å². The predicted molar refractivity (Wildman–Crippen MR) is 51.1 cm³/mol. The van der Waals surface area contributed by atoms with Crippen molar-refractivity contribution in [1.82, 2.24) is 0 Å². The SMILES string of the molecule is CCOC(=O)N=Cc1ccccc1. The van der Waals surface area contributed by atoms with Crippen molar-refractivity contribution in [3.8, 4) is 0 Å². The van der Waals surface area contributed by atoms with Crippen LogP contribution in [-0.2, 0) is 4.74 Å². The van der Waals surface area contributed by atoms with E-state index in [-0.39, 0.29) is 0 Å². The van der Waals surface area contributed by atoms with E-state index in [1.807, 2.05) is 30.3 Å². The Bertz CT molecular complexity index is 293. The molecule has 0 atom stereocenters. The van der Waals surface area contributed by atoms with Crippen molar-refractivity contribution in [2.24, 2.45) is 4.99 Å². The fraction of sp³-hybridized carbons (Fsp3) is 0.200. The molecule has 0 heterocycles. The van der Waals surface area contributed by atoms with E-state index >= 15 is 0 Å². The maximum Gasteiger partial charge on any atom is 0.433 e. The Hall–Kier alpha value is -1.64. The van der Waals surface area contributed by atoms with Crippen LogP contribution in [0.4, 0.5) is 4.79 Å². The van der Waals surface area contributed by atoms with Crippen molar-refractivity contribution in [3.63, 3.8) is 0 Å². The molecule has 0 N–H and O–H groups in total. The van der Waals surface area contributed by atoms with Crippen molar-refractivity contribution in [2.45, 2.75) is 6.92 Å². The molecule has 0 fully saturated rings. The minimum Gasteiger partial charge on any atom is -0.448 e. The number of carbonyl (C=O) groups excluding carboxylic acids is 1. The summed E-state index contributed by atoms with van der Waals surface area (Å²) in [6, 6.07) is 9.40. The molecular formula is C10H11NO2. The van der Waals surface area contributed by atoms with Gasteiger partial charge in [0.25, 0.3) is 0 Å². The number of rotatable bonds is 2. The summed E-state index contributed by atoms with van der Waals surface area (Å²) >= 11 is 0. The van der Waals surface area contributed by atoms with Gasteiger partial charge in [0, 0.05) is 6.21 Å². The van der Waals surface area contributed by atoms with Gasteiger partial charge in [-0.25, -0.2) is 4.79 Å². The summed E-state index contributed by atoms with van der Waals surface area (Å²) in [6.45, 7) is 2.10. The molecule has 13 heavy (non-hydrogen) atoms. The fourth-order valence-electron chi connectivity index (χ4n) is 0.827. The Morgan fingerprint density at radius 2 is 2.15 bits per heavy atom. The first-order chi connectivity index (χ1) is 6.33. The van der Waals surface area contributed by atoms with E-state index in [0.29, 0.717) is 6.61 Å². The van der Waals surface area contributed by atoms with Gasteiger partial charge in [0.15, 0.2) is 0 Å². The van der Waals surface area contributed by atoms with Gasteiger partial charge in [-0.2, -0.15) is 4.99 Å². The summed E-state index contributed by atoms with van der Waals surface area (Å²) in [4.78, 5) is 14.4. The molecule has 68 valence electrons. The molecule has 0 saturated carbocycles. The van der Waals surface area contributed by atoms with Crippen LogP contribution in [0.1, 0.15) is 12.5 Å². The zero-order valence-corrected chi connectivity index (χ0v) is 7.43. The first-order valence-electron chi connectivity index (χ1n) is 4.09. The van der Waals surface area contributed by atoms with Crippen molar-refractivity contribution < 1.29 is 9.53 Å². The monoisotopic (exact) mass is 177 g/mol. The van der Waals surface area contributed by atoms with E-state index in [2.05, 4.69) is 9.73 Å². The maximum atomic E-state index is 10.8. The van der Waals surface area contributed by atoms with Gasteiger partial charge >= 0.3 is 6.09 Å². The molecule has 0 saturated heterocycles. The lowest BCUT2D eigenvalue weighted by Gasteiger charge is -1.93. The molecule has 1 aromatic rings. The molecule has 0 radical (unpaired) electrons. The van der Waals surface area contributed by atoms with Crippen LogP contribution < -0.4 is 0 Å². The van der Waals surface area contributed by atoms with E-state index in [1.54, 1.807) is 6.92 Å². The van der Waals surface area contributed by atoms with Gasteiger partial charge in [0.2, 0.25) is 0 Å². The molecule has 3 heteroatoms. The lowest BCUT2D eigenvalue weighted by Crippen LogP contribution is -1.97. The number of benzene rings is 1. The van der Waals surface area contributed by atoms with Crippen LogP contribution in [0.25, 0.3) is 0 Å². The van der Waals surface area contributed by atoms with Gasteiger partial charge in [-0.3, -0.25) is 0 Å². The molecule has 0 aromatic heterocycles. The number of carbonyl (C=O) groups is 1. The van der Waals surface area contributed by atoms with Gasteiger partial charge in [0.1, 0.15) is 0 Å². The highest BCUT2D eigenvalue weighted by molar-refractivity contribution is 5.88. The lowest BCUT2D eigenvalue weighted by atomic mass is 10.2. The van der Waals surface area contributed by atoms with E-state index in [0.717, 1.165) is 5.56 Å². The lowest BCUT2D eigenvalue weighted by molar-refractivity contribution is 0.164. The Morgan fingerprint density at radius 3 is 2.77 bits per heavy atom. The first kappa shape index (κ1) is 9.45. The highest BCUT2D eigenvalue weighted by Crippen LogP contribution is 1.94. The van der Waals surface area contributed by atoms with Crippen LogP contribution in [0.3, 0.4) is 0 Å². The minimum atomic E-state index is -0.550. The summed E-state index contributed by atoms with van der Waals surface area (Å²) in [5.41, 5.74) is 0.885. The second-order valence-corrected chi connectivity index (χ2v) is 2.37. The number of aliphatic imine (C=N–C) groups is 1. The van der Waals surface area contributed by atoms with E-state index in [9.17, 15) is 4.79 Å². The van der Waals surface area contributed by atoms with Gasteiger partial charge in [0.05, 0.1) is 6.61 Å². The molecule has 1 rings (SSSR count). The highest BCUT2D eigenvalue weighted by atomic mass is 16.5. The summed E-state index contributed by atoms with van der Waals surface area (Å²) in [7, 11) is 0. The third-order valence-electron chi connectivity index (χ3n) is 1.39. The third-order valence-corrected chi connectivity index (χ3v) is 1.39. The molecule has 0 spiro atoms. The molecule has 3 nitrogen and oxygen atoms in total. The number of ether oxygens (including phenoxy) is 1. The molecule has 0 unspecified atom stereocenters. The standard InChI is InChI=1S/C10H11NO2/c1-2-13-10(12)11-8-9-6-4-3-5-7-9/h3-8H,2H2,1H3. The molecule has 0 aliphatic heterocycles. The van der Waals surface area contributed by atoms with Crippen molar-refractivity contribution in [1.29, 1.82) is 0 Å². The normalized spacial score (nSPS) is 10.2. The Balaban J connectivity index is 2.54. The molecule has 0 aliphatic rings. The number of hydrogen-bond acceptors (Lipinski definition) is 2. The van der Waals surface area contributed by atoms with Gasteiger partial charge < -0.3 is 4.74 Å². The van der Waals surface area contributed by atoms with Gasteiger partial charge in [-0.15, -0.1) is 0 Å². The first-order valence-corrected chi connectivity index (χ1v) is 4.09.